The first-order valence-electron chi connectivity index (χ1n) is 17.1. The van der Waals surface area contributed by atoms with E-state index >= 15 is 0 Å². The molecule has 4 rings (SSSR count). The maximum Gasteiger partial charge on any atom is 0.258 e. The quantitative estimate of drug-likeness (QED) is 0.385. The van der Waals surface area contributed by atoms with Crippen LogP contribution in [-0.4, -0.2) is 84.2 Å². The molecule has 2 aromatic carbocycles. The van der Waals surface area contributed by atoms with Gasteiger partial charge >= 0.3 is 0 Å². The third-order valence-corrected chi connectivity index (χ3v) is 9.33. The molecule has 1 fully saturated rings. The number of rotatable bonds is 8. The van der Waals surface area contributed by atoms with E-state index in [0.29, 0.717) is 36.7 Å². The number of nitrogens with zero attached hydrogens (tertiary/aromatic N) is 2. The zero-order chi connectivity index (χ0) is 33.1. The molecule has 0 radical (unpaired) electrons. The highest BCUT2D eigenvalue weighted by Gasteiger charge is 2.32. The average molecular weight is 636 g/mol. The highest BCUT2D eigenvalue weighted by Crippen LogP contribution is 2.29. The standard InChI is InChI=1S/C37H53N3O6/c1-26-23-40(27(2)25-41)37(44)32-22-31(38-35(42)21-29-14-7-5-8-15-29)18-19-33(32)46-28(3)13-11-12-20-45-34(26)24-39(4)36(43)30-16-9-6-10-17-30/h5,7-8,14-15,18-19,22,26-28,30,34,41H,6,9-13,16-17,20-21,23-25H2,1-4H3,(H,38,42)/t26-,27+,28+,34-/m0/s1. The number of hydrogen-bond acceptors (Lipinski definition) is 6. The van der Waals surface area contributed by atoms with Gasteiger partial charge in [0.15, 0.2) is 0 Å². The SMILES string of the molecule is C[C@@H]1CCCCO[C@@H](CN(C)C(=O)C2CCCCC2)[C@@H](C)CN([C@H](C)CO)C(=O)c2cc(NC(=O)Cc3ccccc3)ccc2O1. The molecule has 0 spiro atoms. The lowest BCUT2D eigenvalue weighted by Gasteiger charge is -2.36. The number of nitrogens with one attached hydrogen (secondary N) is 1. The largest absolute Gasteiger partial charge is 0.490 e. The Morgan fingerprint density at radius 3 is 2.46 bits per heavy atom. The Bertz CT molecular complexity index is 1280. The van der Waals surface area contributed by atoms with Gasteiger partial charge < -0.3 is 29.7 Å². The second-order valence-corrected chi connectivity index (χ2v) is 13.3. The third-order valence-electron chi connectivity index (χ3n) is 9.33. The first-order valence-corrected chi connectivity index (χ1v) is 17.1. The van der Waals surface area contributed by atoms with Gasteiger partial charge in [0.05, 0.1) is 36.8 Å². The predicted octanol–water partition coefficient (Wildman–Crippen LogP) is 5.70. The van der Waals surface area contributed by atoms with E-state index in [1.165, 1.54) is 6.42 Å². The van der Waals surface area contributed by atoms with E-state index < -0.39 is 6.04 Å². The van der Waals surface area contributed by atoms with Crippen LogP contribution in [0.4, 0.5) is 5.69 Å². The van der Waals surface area contributed by atoms with E-state index in [1.54, 1.807) is 23.1 Å². The lowest BCUT2D eigenvalue weighted by Crippen LogP contribution is -2.48. The van der Waals surface area contributed by atoms with Crippen LogP contribution in [0.25, 0.3) is 0 Å². The van der Waals surface area contributed by atoms with Gasteiger partial charge in [-0.2, -0.15) is 0 Å². The molecule has 0 saturated heterocycles. The topological polar surface area (TPSA) is 108 Å². The Morgan fingerprint density at radius 1 is 1.02 bits per heavy atom. The predicted molar refractivity (Wildman–Crippen MR) is 180 cm³/mol. The fourth-order valence-corrected chi connectivity index (χ4v) is 6.47. The summed E-state index contributed by atoms with van der Waals surface area (Å²) in [7, 11) is 1.86. The van der Waals surface area contributed by atoms with Crippen molar-refractivity contribution in [3.63, 3.8) is 0 Å². The molecule has 3 amide bonds. The van der Waals surface area contributed by atoms with Crippen LogP contribution in [-0.2, 0) is 20.7 Å². The monoisotopic (exact) mass is 635 g/mol. The first kappa shape index (κ1) is 35.4. The van der Waals surface area contributed by atoms with Gasteiger partial charge in [-0.1, -0.05) is 56.5 Å². The molecule has 2 aliphatic rings. The number of fused-ring (bicyclic) bond motifs is 1. The number of amides is 3. The maximum atomic E-state index is 14.3. The van der Waals surface area contributed by atoms with Crippen LogP contribution in [0, 0.1) is 11.8 Å². The molecule has 46 heavy (non-hydrogen) atoms. The number of likely N-dealkylation sites (N-methyl/N-ethyl adjacent to an activating group) is 1. The summed E-state index contributed by atoms with van der Waals surface area (Å²) < 4.78 is 12.7. The Hall–Kier alpha value is -3.43. The summed E-state index contributed by atoms with van der Waals surface area (Å²) in [5.74, 6) is 0.0874. The van der Waals surface area contributed by atoms with Crippen LogP contribution in [0.2, 0.25) is 0 Å². The maximum absolute atomic E-state index is 14.3. The zero-order valence-electron chi connectivity index (χ0n) is 28.1. The van der Waals surface area contributed by atoms with Gasteiger partial charge in [-0.15, -0.1) is 0 Å². The van der Waals surface area contributed by atoms with Crippen LogP contribution in [0.5, 0.6) is 5.75 Å². The highest BCUT2D eigenvalue weighted by molar-refractivity contribution is 6.00. The molecule has 4 atom stereocenters. The van der Waals surface area contributed by atoms with E-state index in [1.807, 2.05) is 63.1 Å². The average Bonchev–Trinajstić information content (AvgIpc) is 3.06. The molecule has 2 aromatic rings. The van der Waals surface area contributed by atoms with E-state index in [-0.39, 0.29) is 54.8 Å². The van der Waals surface area contributed by atoms with Gasteiger partial charge in [-0.3, -0.25) is 14.4 Å². The van der Waals surface area contributed by atoms with Gasteiger partial charge in [-0.25, -0.2) is 0 Å². The van der Waals surface area contributed by atoms with Crippen molar-refractivity contribution in [2.24, 2.45) is 11.8 Å². The molecular weight excluding hydrogens is 582 g/mol. The molecule has 0 bridgehead atoms. The summed E-state index contributed by atoms with van der Waals surface area (Å²) in [5.41, 5.74) is 1.72. The molecule has 0 unspecified atom stereocenters. The van der Waals surface area contributed by atoms with Crippen molar-refractivity contribution in [3.8, 4) is 5.75 Å². The van der Waals surface area contributed by atoms with Crippen LogP contribution < -0.4 is 10.1 Å². The van der Waals surface area contributed by atoms with Gasteiger partial charge in [0, 0.05) is 44.3 Å². The van der Waals surface area contributed by atoms with Crippen molar-refractivity contribution in [2.45, 2.75) is 96.8 Å². The Morgan fingerprint density at radius 2 is 1.74 bits per heavy atom. The smallest absolute Gasteiger partial charge is 0.258 e. The van der Waals surface area contributed by atoms with E-state index in [0.717, 1.165) is 50.5 Å². The van der Waals surface area contributed by atoms with Crippen molar-refractivity contribution in [1.82, 2.24) is 9.80 Å². The summed E-state index contributed by atoms with van der Waals surface area (Å²) in [4.78, 5) is 44.0. The summed E-state index contributed by atoms with van der Waals surface area (Å²) in [5, 5.41) is 13.2. The van der Waals surface area contributed by atoms with E-state index in [4.69, 9.17) is 9.47 Å². The molecule has 252 valence electrons. The molecule has 2 N–H and O–H groups in total. The zero-order valence-corrected chi connectivity index (χ0v) is 28.1. The fourth-order valence-electron chi connectivity index (χ4n) is 6.47. The lowest BCUT2D eigenvalue weighted by atomic mass is 9.88. The van der Waals surface area contributed by atoms with Crippen LogP contribution in [0.3, 0.4) is 0 Å². The van der Waals surface area contributed by atoms with Gasteiger partial charge in [0.2, 0.25) is 11.8 Å². The molecule has 1 heterocycles. The first-order chi connectivity index (χ1) is 22.2. The van der Waals surface area contributed by atoms with Gasteiger partial charge in [-0.05, 0) is 69.7 Å². The Balaban J connectivity index is 1.58. The molecule has 1 aliphatic heterocycles. The molecule has 1 aliphatic carbocycles. The summed E-state index contributed by atoms with van der Waals surface area (Å²) >= 11 is 0. The molecule has 9 nitrogen and oxygen atoms in total. The fraction of sp³-hybridized carbons (Fsp3) is 0.595. The molecule has 9 heteroatoms. The number of benzene rings is 2. The third kappa shape index (κ3) is 10.0. The minimum Gasteiger partial charge on any atom is -0.490 e. The Kier molecular flexibility index (Phi) is 13.5. The number of carbonyl (C=O) groups excluding carboxylic acids is 3. The van der Waals surface area contributed by atoms with Crippen molar-refractivity contribution >= 4 is 23.4 Å². The lowest BCUT2D eigenvalue weighted by molar-refractivity contribution is -0.138. The highest BCUT2D eigenvalue weighted by atomic mass is 16.5. The van der Waals surface area contributed by atoms with Crippen molar-refractivity contribution in [2.75, 3.05) is 38.7 Å². The molecular formula is C37H53N3O6. The van der Waals surface area contributed by atoms with E-state index in [9.17, 15) is 19.5 Å². The summed E-state index contributed by atoms with van der Waals surface area (Å²) in [6.45, 7) is 6.94. The van der Waals surface area contributed by atoms with Crippen LogP contribution in [0.1, 0.15) is 88.1 Å². The van der Waals surface area contributed by atoms with Crippen LogP contribution in [0.15, 0.2) is 48.5 Å². The number of aliphatic hydroxyl groups excluding tert-OH is 1. The Labute approximate surface area is 274 Å². The molecule has 1 saturated carbocycles. The summed E-state index contributed by atoms with van der Waals surface area (Å²) in [6, 6.07) is 14.2. The van der Waals surface area contributed by atoms with Gasteiger partial charge in [0.25, 0.3) is 5.91 Å². The second kappa shape index (κ2) is 17.5. The van der Waals surface area contributed by atoms with Crippen molar-refractivity contribution in [3.05, 3.63) is 59.7 Å². The number of anilines is 1. The van der Waals surface area contributed by atoms with E-state index in [2.05, 4.69) is 5.32 Å². The number of carbonyl (C=O) groups is 3. The van der Waals surface area contributed by atoms with Crippen LogP contribution >= 0.6 is 0 Å². The number of aliphatic hydroxyl groups is 1. The number of ether oxygens (including phenoxy) is 2. The minimum atomic E-state index is -0.480. The van der Waals surface area contributed by atoms with Crippen molar-refractivity contribution < 1.29 is 29.0 Å². The minimum absolute atomic E-state index is 0.0698. The number of hydrogen-bond donors (Lipinski definition) is 2. The summed E-state index contributed by atoms with van der Waals surface area (Å²) in [6.07, 6.45) is 7.58. The normalized spacial score (nSPS) is 22.6. The second-order valence-electron chi connectivity index (χ2n) is 13.3. The molecule has 0 aromatic heterocycles. The van der Waals surface area contributed by atoms with Crippen molar-refractivity contribution in [1.29, 1.82) is 0 Å². The van der Waals surface area contributed by atoms with Gasteiger partial charge in [0.1, 0.15) is 5.75 Å².